The lowest BCUT2D eigenvalue weighted by molar-refractivity contribution is 0.205. The second-order valence-electron chi connectivity index (χ2n) is 6.13. The second kappa shape index (κ2) is 5.37. The van der Waals surface area contributed by atoms with Gasteiger partial charge in [-0.1, -0.05) is 30.3 Å². The fourth-order valence-electron chi connectivity index (χ4n) is 2.71. The van der Waals surface area contributed by atoms with Gasteiger partial charge in [-0.3, -0.25) is 0 Å². The second-order valence-corrected chi connectivity index (χ2v) is 7.85. The molecule has 0 unspecified atom stereocenters. The molecule has 0 bridgehead atoms. The summed E-state index contributed by atoms with van der Waals surface area (Å²) in [5.74, 6) is 0.818. The number of nitrogens with zero attached hydrogens (tertiary/aromatic N) is 2. The molecule has 0 radical (unpaired) electrons. The van der Waals surface area contributed by atoms with Crippen LogP contribution in [0.25, 0.3) is 4.91 Å². The summed E-state index contributed by atoms with van der Waals surface area (Å²) in [7, 11) is -3.42. The quantitative estimate of drug-likeness (QED) is 0.858. The Bertz CT molecular complexity index is 639. The van der Waals surface area contributed by atoms with E-state index in [0.717, 1.165) is 24.5 Å². The highest BCUT2D eigenvalue weighted by atomic mass is 32.2. The van der Waals surface area contributed by atoms with Crippen LogP contribution in [0, 0.1) is 0 Å². The summed E-state index contributed by atoms with van der Waals surface area (Å²) in [5, 5.41) is 0. The summed E-state index contributed by atoms with van der Waals surface area (Å²) in [4.78, 5) is 2.55. The molecule has 4 nitrogen and oxygen atoms in total. The molecule has 1 aliphatic heterocycles. The van der Waals surface area contributed by atoms with E-state index in [2.05, 4.69) is 4.90 Å². The van der Waals surface area contributed by atoms with E-state index in [1.54, 1.807) is 4.31 Å². The first-order chi connectivity index (χ1) is 9.75. The zero-order valence-electron chi connectivity index (χ0n) is 13.4. The molecule has 0 fully saturated rings. The van der Waals surface area contributed by atoms with Crippen molar-refractivity contribution in [2.75, 3.05) is 13.1 Å². The molecule has 116 valence electrons. The third-order valence-electron chi connectivity index (χ3n) is 3.60. The van der Waals surface area contributed by atoms with Gasteiger partial charge in [0, 0.05) is 18.6 Å². The minimum atomic E-state index is -3.42. The monoisotopic (exact) mass is 308 g/mol. The van der Waals surface area contributed by atoms with E-state index in [-0.39, 0.29) is 0 Å². The molecule has 0 aromatic heterocycles. The smallest absolute Gasteiger partial charge is 0.270 e. The Hall–Kier alpha value is -1.49. The van der Waals surface area contributed by atoms with Gasteiger partial charge in [-0.05, 0) is 40.2 Å². The minimum Gasteiger partial charge on any atom is -0.357 e. The van der Waals surface area contributed by atoms with Gasteiger partial charge in [-0.15, -0.1) is 0 Å². The highest BCUT2D eigenvalue weighted by molar-refractivity contribution is 8.00. The van der Waals surface area contributed by atoms with E-state index in [1.807, 2.05) is 65.0 Å². The number of hydrogen-bond acceptors (Lipinski definition) is 3. The number of rotatable bonds is 4. The molecular weight excluding hydrogens is 284 g/mol. The van der Waals surface area contributed by atoms with Crippen LogP contribution in [0.2, 0.25) is 0 Å². The molecule has 0 amide bonds. The molecule has 5 heteroatoms. The van der Waals surface area contributed by atoms with E-state index < -0.39 is 15.6 Å². The molecule has 0 saturated carbocycles. The molecule has 0 spiro atoms. The maximum absolute atomic E-state index is 12.8. The van der Waals surface area contributed by atoms with Crippen LogP contribution >= 0.6 is 0 Å². The fourth-order valence-corrected chi connectivity index (χ4v) is 4.81. The molecule has 1 aromatic carbocycles. The van der Waals surface area contributed by atoms with Gasteiger partial charge in [-0.2, -0.15) is 0 Å². The van der Waals surface area contributed by atoms with Crippen molar-refractivity contribution >= 4 is 14.9 Å². The lowest BCUT2D eigenvalue weighted by Crippen LogP contribution is -2.56. The highest BCUT2D eigenvalue weighted by Gasteiger charge is 2.50. The third kappa shape index (κ3) is 2.55. The summed E-state index contributed by atoms with van der Waals surface area (Å²) in [6.45, 7) is 11.4. The Morgan fingerprint density at radius 1 is 1.05 bits per heavy atom. The van der Waals surface area contributed by atoms with E-state index in [1.165, 1.54) is 0 Å². The van der Waals surface area contributed by atoms with E-state index in [4.69, 9.17) is 0 Å². The average molecular weight is 308 g/mol. The Morgan fingerprint density at radius 3 is 2.00 bits per heavy atom. The van der Waals surface area contributed by atoms with Crippen LogP contribution in [-0.4, -0.2) is 36.3 Å². The van der Waals surface area contributed by atoms with Gasteiger partial charge in [-0.25, -0.2) is 12.7 Å². The van der Waals surface area contributed by atoms with E-state index in [0.29, 0.717) is 4.91 Å². The zero-order valence-corrected chi connectivity index (χ0v) is 14.2. The van der Waals surface area contributed by atoms with Gasteiger partial charge >= 0.3 is 0 Å². The topological polar surface area (TPSA) is 40.6 Å². The van der Waals surface area contributed by atoms with Crippen LogP contribution in [0.4, 0.5) is 0 Å². The molecule has 21 heavy (non-hydrogen) atoms. The minimum absolute atomic E-state index is 0.446. The average Bonchev–Trinajstić information content (AvgIpc) is 2.38. The fraction of sp³-hybridized carbons (Fsp3) is 0.500. The van der Waals surface area contributed by atoms with Crippen LogP contribution in [-0.2, 0) is 10.0 Å². The van der Waals surface area contributed by atoms with Crippen molar-refractivity contribution in [1.29, 1.82) is 0 Å². The Labute approximate surface area is 128 Å². The lowest BCUT2D eigenvalue weighted by Gasteiger charge is -2.49. The molecular formula is C16H24N2O2S. The number of sulfonamides is 1. The van der Waals surface area contributed by atoms with Crippen molar-refractivity contribution in [2.24, 2.45) is 0 Å². The van der Waals surface area contributed by atoms with Gasteiger partial charge in [0.15, 0.2) is 0 Å². The maximum Gasteiger partial charge on any atom is 0.270 e. The van der Waals surface area contributed by atoms with Crippen LogP contribution in [0.1, 0.15) is 40.2 Å². The first-order valence-electron chi connectivity index (χ1n) is 7.35. The SMILES string of the molecule is CCN(CC)C1=C(c2ccccc2)S(=O)(=O)N1C(C)(C)C. The molecule has 0 atom stereocenters. The highest BCUT2D eigenvalue weighted by Crippen LogP contribution is 2.46. The first kappa shape index (κ1) is 15.9. The molecule has 1 heterocycles. The summed E-state index contributed by atoms with van der Waals surface area (Å²) in [6.07, 6.45) is 0. The summed E-state index contributed by atoms with van der Waals surface area (Å²) < 4.78 is 27.1. The van der Waals surface area contributed by atoms with Crippen molar-refractivity contribution in [1.82, 2.24) is 9.21 Å². The van der Waals surface area contributed by atoms with Crippen molar-refractivity contribution in [3.8, 4) is 0 Å². The summed E-state index contributed by atoms with van der Waals surface area (Å²) in [5.41, 5.74) is 0.301. The molecule has 1 aliphatic rings. The number of hydrogen-bond donors (Lipinski definition) is 0. The Morgan fingerprint density at radius 2 is 1.57 bits per heavy atom. The van der Waals surface area contributed by atoms with Crippen LogP contribution in [0.3, 0.4) is 0 Å². The maximum atomic E-state index is 12.8. The first-order valence-corrected chi connectivity index (χ1v) is 8.79. The number of benzene rings is 1. The van der Waals surface area contributed by atoms with Gasteiger partial charge in [0.05, 0.1) is 0 Å². The summed E-state index contributed by atoms with van der Waals surface area (Å²) in [6, 6.07) is 9.36. The van der Waals surface area contributed by atoms with Gasteiger partial charge in [0.1, 0.15) is 10.7 Å². The largest absolute Gasteiger partial charge is 0.357 e. The van der Waals surface area contributed by atoms with Gasteiger partial charge < -0.3 is 4.90 Å². The molecule has 0 N–H and O–H groups in total. The Balaban J connectivity index is 2.68. The zero-order chi connectivity index (χ0) is 15.8. The molecule has 2 rings (SSSR count). The van der Waals surface area contributed by atoms with E-state index in [9.17, 15) is 8.42 Å². The lowest BCUT2D eigenvalue weighted by atomic mass is 10.1. The van der Waals surface area contributed by atoms with Crippen molar-refractivity contribution in [3.63, 3.8) is 0 Å². The molecule has 1 aromatic rings. The van der Waals surface area contributed by atoms with Crippen molar-refractivity contribution < 1.29 is 8.42 Å². The van der Waals surface area contributed by atoms with Crippen LogP contribution in [0.15, 0.2) is 36.2 Å². The van der Waals surface area contributed by atoms with Crippen molar-refractivity contribution in [3.05, 3.63) is 41.7 Å². The van der Waals surface area contributed by atoms with Crippen molar-refractivity contribution in [2.45, 2.75) is 40.2 Å². The predicted octanol–water partition coefficient (Wildman–Crippen LogP) is 3.10. The van der Waals surface area contributed by atoms with Crippen LogP contribution < -0.4 is 0 Å². The predicted molar refractivity (Wildman–Crippen MR) is 86.8 cm³/mol. The standard InChI is InChI=1S/C16H24N2O2S/c1-6-17(7-2)15-14(13-11-9-8-10-12-13)21(19,20)18(15)16(3,4)5/h8-12H,6-7H2,1-5H3. The van der Waals surface area contributed by atoms with Crippen LogP contribution in [0.5, 0.6) is 0 Å². The van der Waals surface area contributed by atoms with Gasteiger partial charge in [0.25, 0.3) is 10.0 Å². The Kier molecular flexibility index (Phi) is 4.06. The molecule has 0 saturated heterocycles. The van der Waals surface area contributed by atoms with Gasteiger partial charge in [0.2, 0.25) is 0 Å². The normalized spacial score (nSPS) is 17.7. The van der Waals surface area contributed by atoms with E-state index >= 15 is 0 Å². The molecule has 0 aliphatic carbocycles. The summed E-state index contributed by atoms with van der Waals surface area (Å²) >= 11 is 0. The third-order valence-corrected chi connectivity index (χ3v) is 5.74.